The first kappa shape index (κ1) is 15.2. The second-order valence-corrected chi connectivity index (χ2v) is 7.58. The number of nitrogens with one attached hydrogen (secondary N) is 1. The van der Waals surface area contributed by atoms with E-state index in [9.17, 15) is 5.11 Å². The van der Waals surface area contributed by atoms with E-state index in [1.54, 1.807) is 6.33 Å². The molecule has 5 nitrogen and oxygen atoms in total. The lowest BCUT2D eigenvalue weighted by atomic mass is 9.86. The first-order valence-electron chi connectivity index (χ1n) is 9.27. The lowest BCUT2D eigenvalue weighted by Gasteiger charge is -2.24. The lowest BCUT2D eigenvalue weighted by molar-refractivity contribution is 0.266. The minimum Gasteiger partial charge on any atom is -0.394 e. The molecule has 0 unspecified atom stereocenters. The Morgan fingerprint density at radius 3 is 2.96 bits per heavy atom. The SMILES string of the molecule is OC[C@@H]1CCCN1c1cc(NCC[C@H]2C[C@H]3CC[C@H]2C3)ncn1. The van der Waals surface area contributed by atoms with E-state index in [-0.39, 0.29) is 12.6 Å². The second kappa shape index (κ2) is 6.63. The molecule has 2 aliphatic carbocycles. The Morgan fingerprint density at radius 1 is 1.22 bits per heavy atom. The van der Waals surface area contributed by atoms with Crippen molar-refractivity contribution in [2.24, 2.45) is 17.8 Å². The van der Waals surface area contributed by atoms with Gasteiger partial charge in [-0.15, -0.1) is 0 Å². The number of nitrogens with zero attached hydrogens (tertiary/aromatic N) is 3. The molecule has 2 N–H and O–H groups in total. The highest BCUT2D eigenvalue weighted by atomic mass is 16.3. The van der Waals surface area contributed by atoms with Crippen LogP contribution in [-0.4, -0.2) is 40.8 Å². The third-order valence-electron chi connectivity index (χ3n) is 6.24. The van der Waals surface area contributed by atoms with Gasteiger partial charge in [-0.25, -0.2) is 9.97 Å². The molecule has 0 spiro atoms. The standard InChI is InChI=1S/C18H28N4O/c23-11-16-2-1-7-22(16)18-10-17(20-12-21-18)19-6-5-15-9-13-3-4-14(15)8-13/h10,12-16,23H,1-9,11H2,(H,19,20,21)/t13-,14-,15-,16-/m0/s1. The summed E-state index contributed by atoms with van der Waals surface area (Å²) in [7, 11) is 0. The molecular weight excluding hydrogens is 288 g/mol. The Morgan fingerprint density at radius 2 is 2.17 bits per heavy atom. The zero-order chi connectivity index (χ0) is 15.6. The first-order chi connectivity index (χ1) is 11.3. The van der Waals surface area contributed by atoms with Crippen molar-refractivity contribution in [1.29, 1.82) is 0 Å². The number of hydrogen-bond acceptors (Lipinski definition) is 5. The number of anilines is 2. The zero-order valence-corrected chi connectivity index (χ0v) is 13.8. The fourth-order valence-corrected chi connectivity index (χ4v) is 5.04. The molecule has 2 heterocycles. The average Bonchev–Trinajstić information content (AvgIpc) is 3.31. The van der Waals surface area contributed by atoms with Crippen molar-refractivity contribution in [2.75, 3.05) is 29.9 Å². The molecule has 126 valence electrons. The highest BCUT2D eigenvalue weighted by Crippen LogP contribution is 2.49. The van der Waals surface area contributed by atoms with Crippen molar-refractivity contribution >= 4 is 11.6 Å². The van der Waals surface area contributed by atoms with Gasteiger partial charge in [0.2, 0.25) is 0 Å². The highest BCUT2D eigenvalue weighted by Gasteiger charge is 2.38. The number of aromatic nitrogens is 2. The molecule has 1 aromatic rings. The van der Waals surface area contributed by atoms with Crippen molar-refractivity contribution in [2.45, 2.75) is 51.0 Å². The summed E-state index contributed by atoms with van der Waals surface area (Å²) in [6.45, 7) is 2.19. The van der Waals surface area contributed by atoms with Crippen molar-refractivity contribution in [3.63, 3.8) is 0 Å². The smallest absolute Gasteiger partial charge is 0.134 e. The fourth-order valence-electron chi connectivity index (χ4n) is 5.04. The Hall–Kier alpha value is -1.36. The van der Waals surface area contributed by atoms with E-state index in [0.29, 0.717) is 0 Å². The van der Waals surface area contributed by atoms with Gasteiger partial charge in [0.15, 0.2) is 0 Å². The number of rotatable bonds is 6. The van der Waals surface area contributed by atoms with Gasteiger partial charge in [-0.3, -0.25) is 0 Å². The van der Waals surface area contributed by atoms with Gasteiger partial charge < -0.3 is 15.3 Å². The molecule has 1 aliphatic heterocycles. The summed E-state index contributed by atoms with van der Waals surface area (Å²) < 4.78 is 0. The van der Waals surface area contributed by atoms with Gasteiger partial charge in [-0.2, -0.15) is 0 Å². The van der Waals surface area contributed by atoms with E-state index in [1.807, 2.05) is 6.07 Å². The van der Waals surface area contributed by atoms with Gasteiger partial charge in [0.1, 0.15) is 18.0 Å². The van der Waals surface area contributed by atoms with Gasteiger partial charge in [0, 0.05) is 19.2 Å². The van der Waals surface area contributed by atoms with Gasteiger partial charge >= 0.3 is 0 Å². The zero-order valence-electron chi connectivity index (χ0n) is 13.8. The number of aliphatic hydroxyl groups excluding tert-OH is 1. The molecule has 3 aliphatic rings. The van der Waals surface area contributed by atoms with E-state index < -0.39 is 0 Å². The maximum absolute atomic E-state index is 9.48. The third-order valence-corrected chi connectivity index (χ3v) is 6.24. The van der Waals surface area contributed by atoms with Crippen molar-refractivity contribution in [1.82, 2.24) is 9.97 Å². The molecule has 2 saturated carbocycles. The predicted octanol–water partition coefficient (Wildman–Crippen LogP) is 2.68. The monoisotopic (exact) mass is 316 g/mol. The van der Waals surface area contributed by atoms with Gasteiger partial charge in [-0.05, 0) is 56.3 Å². The first-order valence-corrected chi connectivity index (χ1v) is 9.27. The van der Waals surface area contributed by atoms with Crippen LogP contribution in [0.4, 0.5) is 11.6 Å². The molecule has 3 fully saturated rings. The minimum absolute atomic E-state index is 0.205. The molecule has 4 atom stereocenters. The van der Waals surface area contributed by atoms with Crippen LogP contribution in [0, 0.1) is 17.8 Å². The van der Waals surface area contributed by atoms with Gasteiger partial charge in [0.05, 0.1) is 12.6 Å². The summed E-state index contributed by atoms with van der Waals surface area (Å²) >= 11 is 0. The Bertz CT molecular complexity index is 538. The number of hydrogen-bond donors (Lipinski definition) is 2. The van der Waals surface area contributed by atoms with Crippen LogP contribution in [-0.2, 0) is 0 Å². The highest BCUT2D eigenvalue weighted by molar-refractivity contribution is 5.49. The van der Waals surface area contributed by atoms with Crippen LogP contribution in [0.15, 0.2) is 12.4 Å². The van der Waals surface area contributed by atoms with Crippen LogP contribution in [0.1, 0.15) is 44.9 Å². The average molecular weight is 316 g/mol. The Kier molecular flexibility index (Phi) is 4.38. The number of aliphatic hydroxyl groups is 1. The van der Waals surface area contributed by atoms with Gasteiger partial charge in [-0.1, -0.05) is 6.42 Å². The third kappa shape index (κ3) is 3.16. The van der Waals surface area contributed by atoms with E-state index in [4.69, 9.17) is 0 Å². The molecule has 23 heavy (non-hydrogen) atoms. The molecule has 2 bridgehead atoms. The van der Waals surface area contributed by atoms with E-state index in [2.05, 4.69) is 20.2 Å². The van der Waals surface area contributed by atoms with Crippen LogP contribution in [0.5, 0.6) is 0 Å². The van der Waals surface area contributed by atoms with E-state index >= 15 is 0 Å². The summed E-state index contributed by atoms with van der Waals surface area (Å²) in [6, 6.07) is 2.25. The molecule has 5 heteroatoms. The molecule has 1 saturated heterocycles. The topological polar surface area (TPSA) is 61.3 Å². The maximum Gasteiger partial charge on any atom is 0.134 e. The number of fused-ring (bicyclic) bond motifs is 2. The van der Waals surface area contributed by atoms with Gasteiger partial charge in [0.25, 0.3) is 0 Å². The van der Waals surface area contributed by atoms with E-state index in [1.165, 1.54) is 32.1 Å². The van der Waals surface area contributed by atoms with Crippen LogP contribution in [0.25, 0.3) is 0 Å². The van der Waals surface area contributed by atoms with Crippen molar-refractivity contribution in [3.05, 3.63) is 12.4 Å². The summed E-state index contributed by atoms with van der Waals surface area (Å²) in [5.41, 5.74) is 0. The Labute approximate surface area is 138 Å². The molecule has 0 amide bonds. The van der Waals surface area contributed by atoms with Crippen LogP contribution in [0.2, 0.25) is 0 Å². The quantitative estimate of drug-likeness (QED) is 0.845. The molecule has 1 aromatic heterocycles. The maximum atomic E-state index is 9.48. The summed E-state index contributed by atoms with van der Waals surface area (Å²) in [5.74, 6) is 4.82. The van der Waals surface area contributed by atoms with Crippen molar-refractivity contribution in [3.8, 4) is 0 Å². The Balaban J connectivity index is 1.32. The van der Waals surface area contributed by atoms with Crippen LogP contribution >= 0.6 is 0 Å². The summed E-state index contributed by atoms with van der Waals surface area (Å²) in [4.78, 5) is 11.0. The van der Waals surface area contributed by atoms with Crippen LogP contribution in [0.3, 0.4) is 0 Å². The van der Waals surface area contributed by atoms with Crippen LogP contribution < -0.4 is 10.2 Å². The minimum atomic E-state index is 0.205. The summed E-state index contributed by atoms with van der Waals surface area (Å²) in [5, 5.41) is 13.0. The predicted molar refractivity (Wildman–Crippen MR) is 91.5 cm³/mol. The molecule has 4 rings (SSSR count). The molecular formula is C18H28N4O. The van der Waals surface area contributed by atoms with Crippen molar-refractivity contribution < 1.29 is 5.11 Å². The summed E-state index contributed by atoms with van der Waals surface area (Å²) in [6.07, 6.45) is 11.0. The fraction of sp³-hybridized carbons (Fsp3) is 0.778. The normalized spacial score (nSPS) is 32.7. The molecule has 0 radical (unpaired) electrons. The lowest BCUT2D eigenvalue weighted by Crippen LogP contribution is -2.32. The van der Waals surface area contributed by atoms with E-state index in [0.717, 1.165) is 55.3 Å². The largest absolute Gasteiger partial charge is 0.394 e. The molecule has 0 aromatic carbocycles. The second-order valence-electron chi connectivity index (χ2n) is 7.58.